The van der Waals surface area contributed by atoms with Crippen LogP contribution in [0.4, 0.5) is 0 Å². The van der Waals surface area contributed by atoms with Gasteiger partial charge >= 0.3 is 0 Å². The molecule has 17 heavy (non-hydrogen) atoms. The summed E-state index contributed by atoms with van der Waals surface area (Å²) in [4.78, 5) is 11.6. The van der Waals surface area contributed by atoms with Crippen molar-refractivity contribution in [2.45, 2.75) is 32.2 Å². The van der Waals surface area contributed by atoms with Crippen LogP contribution in [0.1, 0.15) is 26.2 Å². The molecule has 1 aliphatic carbocycles. The van der Waals surface area contributed by atoms with Crippen molar-refractivity contribution in [3.8, 4) is 0 Å². The molecule has 2 unspecified atom stereocenters. The van der Waals surface area contributed by atoms with Crippen molar-refractivity contribution in [3.63, 3.8) is 0 Å². The van der Waals surface area contributed by atoms with Gasteiger partial charge in [0.25, 0.3) is 0 Å². The first-order valence-corrected chi connectivity index (χ1v) is 7.60. The third-order valence-electron chi connectivity index (χ3n) is 2.97. The van der Waals surface area contributed by atoms with Crippen LogP contribution in [0.15, 0.2) is 0 Å². The van der Waals surface area contributed by atoms with Crippen LogP contribution in [0.25, 0.3) is 0 Å². The van der Waals surface area contributed by atoms with Crippen molar-refractivity contribution in [2.75, 3.05) is 18.8 Å². The molecule has 0 heterocycles. The van der Waals surface area contributed by atoms with Crippen LogP contribution in [0, 0.1) is 5.92 Å². The van der Waals surface area contributed by atoms with Gasteiger partial charge in [-0.2, -0.15) is 0 Å². The van der Waals surface area contributed by atoms with E-state index < -0.39 is 10.0 Å². The minimum Gasteiger partial charge on any atom is -0.355 e. The van der Waals surface area contributed by atoms with E-state index in [1.165, 1.54) is 0 Å². The van der Waals surface area contributed by atoms with E-state index in [0.29, 0.717) is 6.54 Å². The lowest BCUT2D eigenvalue weighted by Crippen LogP contribution is -2.37. The molecule has 100 valence electrons. The number of nitrogens with two attached hydrogens (primary N) is 1. The highest BCUT2D eigenvalue weighted by molar-refractivity contribution is 7.89. The fourth-order valence-electron chi connectivity index (χ4n) is 1.89. The number of carbonyl (C=O) groups is 1. The van der Waals surface area contributed by atoms with Crippen molar-refractivity contribution in [1.29, 1.82) is 0 Å². The molecule has 0 aromatic carbocycles. The second kappa shape index (κ2) is 6.32. The minimum absolute atomic E-state index is 0.00668. The lowest BCUT2D eigenvalue weighted by molar-refractivity contribution is -0.124. The molecule has 0 radical (unpaired) electrons. The zero-order valence-electron chi connectivity index (χ0n) is 10.1. The van der Waals surface area contributed by atoms with Crippen molar-refractivity contribution in [1.82, 2.24) is 10.0 Å². The maximum Gasteiger partial charge on any atom is 0.223 e. The van der Waals surface area contributed by atoms with E-state index in [1.807, 2.05) is 0 Å². The average Bonchev–Trinajstić information content (AvgIpc) is 2.71. The van der Waals surface area contributed by atoms with E-state index in [-0.39, 0.29) is 30.2 Å². The number of rotatable bonds is 6. The van der Waals surface area contributed by atoms with Crippen molar-refractivity contribution in [3.05, 3.63) is 0 Å². The molecular formula is C10H21N3O3S. The summed E-state index contributed by atoms with van der Waals surface area (Å²) in [5.41, 5.74) is 5.72. The maximum absolute atomic E-state index is 11.6. The molecule has 0 aromatic heterocycles. The topological polar surface area (TPSA) is 101 Å². The highest BCUT2D eigenvalue weighted by atomic mass is 32.2. The summed E-state index contributed by atoms with van der Waals surface area (Å²) in [7, 11) is -3.17. The van der Waals surface area contributed by atoms with Gasteiger partial charge in [0.2, 0.25) is 15.9 Å². The van der Waals surface area contributed by atoms with Crippen LogP contribution in [0.5, 0.6) is 0 Å². The van der Waals surface area contributed by atoms with Crippen molar-refractivity contribution in [2.24, 2.45) is 11.7 Å². The lowest BCUT2D eigenvalue weighted by atomic mass is 10.1. The summed E-state index contributed by atoms with van der Waals surface area (Å²) >= 11 is 0. The Balaban J connectivity index is 2.17. The Kier molecular flexibility index (Phi) is 5.35. The Hall–Kier alpha value is -0.660. The summed E-state index contributed by atoms with van der Waals surface area (Å²) in [6.45, 7) is 2.13. The van der Waals surface area contributed by atoms with Gasteiger partial charge in [0.05, 0.1) is 5.75 Å². The van der Waals surface area contributed by atoms with Gasteiger partial charge in [-0.3, -0.25) is 4.79 Å². The predicted octanol–water partition coefficient (Wildman–Crippen LogP) is -0.831. The quantitative estimate of drug-likeness (QED) is 0.544. The third-order valence-corrected chi connectivity index (χ3v) is 4.37. The minimum atomic E-state index is -3.17. The van der Waals surface area contributed by atoms with E-state index in [9.17, 15) is 13.2 Å². The molecule has 1 amide bonds. The summed E-state index contributed by atoms with van der Waals surface area (Å²) in [6, 6.07) is 0.129. The zero-order chi connectivity index (χ0) is 12.9. The number of carbonyl (C=O) groups excluding carboxylic acids is 1. The van der Waals surface area contributed by atoms with E-state index in [1.54, 1.807) is 6.92 Å². The Bertz CT molecular complexity index is 356. The van der Waals surface area contributed by atoms with Crippen LogP contribution in [-0.2, 0) is 14.8 Å². The van der Waals surface area contributed by atoms with Gasteiger partial charge in [-0.1, -0.05) is 0 Å². The molecule has 0 bridgehead atoms. The van der Waals surface area contributed by atoms with Crippen LogP contribution in [-0.4, -0.2) is 39.2 Å². The maximum atomic E-state index is 11.6. The Morgan fingerprint density at radius 2 is 2.06 bits per heavy atom. The molecule has 0 saturated heterocycles. The molecule has 0 aromatic rings. The van der Waals surface area contributed by atoms with Crippen LogP contribution in [0.3, 0.4) is 0 Å². The molecule has 2 atom stereocenters. The first-order chi connectivity index (χ1) is 7.94. The van der Waals surface area contributed by atoms with Gasteiger partial charge in [-0.05, 0) is 26.2 Å². The van der Waals surface area contributed by atoms with E-state index >= 15 is 0 Å². The number of sulfonamides is 1. The standard InChI is InChI=1S/C10H21N3O3S/c1-2-17(15,16)13-6-5-12-10(14)8-3-4-9(11)7-8/h8-9,13H,2-7,11H2,1H3,(H,12,14). The second-order valence-corrected chi connectivity index (χ2v) is 6.45. The summed E-state index contributed by atoms with van der Waals surface area (Å²) in [5, 5.41) is 2.72. The number of hydrogen-bond donors (Lipinski definition) is 3. The third kappa shape index (κ3) is 5.01. The molecule has 0 aliphatic heterocycles. The normalized spacial score (nSPS) is 24.8. The van der Waals surface area contributed by atoms with Gasteiger partial charge in [-0.25, -0.2) is 13.1 Å². The summed E-state index contributed by atoms with van der Waals surface area (Å²) in [6.07, 6.45) is 2.45. The van der Waals surface area contributed by atoms with Crippen LogP contribution >= 0.6 is 0 Å². The first kappa shape index (κ1) is 14.4. The first-order valence-electron chi connectivity index (χ1n) is 5.95. The molecular weight excluding hydrogens is 242 g/mol. The molecule has 1 fully saturated rings. The summed E-state index contributed by atoms with van der Waals surface area (Å²) in [5.74, 6) is 0.0275. The number of amides is 1. The Labute approximate surface area is 102 Å². The van der Waals surface area contributed by atoms with Crippen molar-refractivity contribution >= 4 is 15.9 Å². The fraction of sp³-hybridized carbons (Fsp3) is 0.900. The lowest BCUT2D eigenvalue weighted by Gasteiger charge is -2.11. The van der Waals surface area contributed by atoms with Gasteiger partial charge in [0, 0.05) is 25.0 Å². The van der Waals surface area contributed by atoms with Gasteiger partial charge < -0.3 is 11.1 Å². The largest absolute Gasteiger partial charge is 0.355 e. The monoisotopic (exact) mass is 263 g/mol. The summed E-state index contributed by atoms with van der Waals surface area (Å²) < 4.78 is 24.6. The Morgan fingerprint density at radius 1 is 1.35 bits per heavy atom. The van der Waals surface area contributed by atoms with Crippen LogP contribution in [0.2, 0.25) is 0 Å². The fourth-order valence-corrected chi connectivity index (χ4v) is 2.51. The van der Waals surface area contributed by atoms with Gasteiger partial charge in [0.15, 0.2) is 0 Å². The molecule has 1 saturated carbocycles. The van der Waals surface area contributed by atoms with Gasteiger partial charge in [0.1, 0.15) is 0 Å². The molecule has 7 heteroatoms. The SMILES string of the molecule is CCS(=O)(=O)NCCNC(=O)C1CCC(N)C1. The Morgan fingerprint density at radius 3 is 2.59 bits per heavy atom. The highest BCUT2D eigenvalue weighted by Crippen LogP contribution is 2.23. The smallest absolute Gasteiger partial charge is 0.223 e. The second-order valence-electron chi connectivity index (χ2n) is 4.36. The van der Waals surface area contributed by atoms with Crippen LogP contribution < -0.4 is 15.8 Å². The van der Waals surface area contributed by atoms with E-state index in [4.69, 9.17) is 5.73 Å². The zero-order valence-corrected chi connectivity index (χ0v) is 10.9. The molecule has 0 spiro atoms. The molecule has 1 aliphatic rings. The average molecular weight is 263 g/mol. The van der Waals surface area contributed by atoms with E-state index in [0.717, 1.165) is 19.3 Å². The van der Waals surface area contributed by atoms with Crippen molar-refractivity contribution < 1.29 is 13.2 Å². The van der Waals surface area contributed by atoms with Gasteiger partial charge in [-0.15, -0.1) is 0 Å². The van der Waals surface area contributed by atoms with E-state index in [2.05, 4.69) is 10.0 Å². The number of nitrogens with one attached hydrogen (secondary N) is 2. The predicted molar refractivity (Wildman–Crippen MR) is 65.8 cm³/mol. The highest BCUT2D eigenvalue weighted by Gasteiger charge is 2.27. The molecule has 4 N–H and O–H groups in total. The molecule has 1 rings (SSSR count). The number of hydrogen-bond acceptors (Lipinski definition) is 4. The molecule has 6 nitrogen and oxygen atoms in total.